The van der Waals surface area contributed by atoms with E-state index in [1.54, 1.807) is 0 Å². The molecule has 2 aliphatic rings. The van der Waals surface area contributed by atoms with Gasteiger partial charge in [0.05, 0.1) is 6.10 Å². The summed E-state index contributed by atoms with van der Waals surface area (Å²) >= 11 is 0. The Balaban J connectivity index is 1.42. The number of nitrogens with one attached hydrogen (secondary N) is 2. The Labute approximate surface area is 209 Å². The minimum Gasteiger partial charge on any atom is -0.393 e. The molecule has 0 spiro atoms. The third-order valence-corrected chi connectivity index (χ3v) is 7.94. The van der Waals surface area contributed by atoms with Gasteiger partial charge in [0, 0.05) is 48.0 Å². The Morgan fingerprint density at radius 1 is 1.06 bits per heavy atom. The summed E-state index contributed by atoms with van der Waals surface area (Å²) < 4.78 is 2.35. The molecule has 0 saturated heterocycles. The van der Waals surface area contributed by atoms with E-state index in [0.717, 1.165) is 56.1 Å². The van der Waals surface area contributed by atoms with Gasteiger partial charge in [-0.05, 0) is 63.0 Å². The summed E-state index contributed by atoms with van der Waals surface area (Å²) in [5, 5.41) is 18.4. The average Bonchev–Trinajstić information content (AvgIpc) is 3.52. The lowest BCUT2D eigenvalue weighted by Crippen LogP contribution is -2.25. The number of aliphatic hydroxyl groups excluding tert-OH is 1. The van der Waals surface area contributed by atoms with Crippen LogP contribution in [0, 0.1) is 0 Å². The van der Waals surface area contributed by atoms with Gasteiger partial charge in [0.2, 0.25) is 5.95 Å². The maximum absolute atomic E-state index is 10.1. The molecular weight excluding hydrogens is 434 g/mol. The predicted octanol–water partition coefficient (Wildman–Crippen LogP) is 6.21. The van der Waals surface area contributed by atoms with Crippen LogP contribution in [-0.2, 0) is 6.54 Å². The van der Waals surface area contributed by atoms with Gasteiger partial charge in [-0.3, -0.25) is 0 Å². The third kappa shape index (κ3) is 5.70. The van der Waals surface area contributed by atoms with Crippen molar-refractivity contribution in [1.29, 1.82) is 0 Å². The summed E-state index contributed by atoms with van der Waals surface area (Å²) in [6.07, 6.45) is 15.3. The van der Waals surface area contributed by atoms with Crippen molar-refractivity contribution in [2.75, 3.05) is 5.32 Å². The van der Waals surface area contributed by atoms with Crippen LogP contribution >= 0.6 is 0 Å². The zero-order valence-corrected chi connectivity index (χ0v) is 21.3. The molecule has 0 aliphatic heterocycles. The van der Waals surface area contributed by atoms with E-state index in [4.69, 9.17) is 9.97 Å². The van der Waals surface area contributed by atoms with Crippen LogP contribution in [0.3, 0.4) is 0 Å². The lowest BCUT2D eigenvalue weighted by Gasteiger charge is -2.27. The Bertz CT molecular complexity index is 1090. The van der Waals surface area contributed by atoms with E-state index in [-0.39, 0.29) is 6.10 Å². The fourth-order valence-corrected chi connectivity index (χ4v) is 5.86. The van der Waals surface area contributed by atoms with Gasteiger partial charge in [-0.1, -0.05) is 50.5 Å². The molecule has 5 rings (SSSR count). The second-order valence-electron chi connectivity index (χ2n) is 10.7. The molecule has 1 aromatic carbocycles. The largest absolute Gasteiger partial charge is 0.393 e. The van der Waals surface area contributed by atoms with Gasteiger partial charge in [-0.25, -0.2) is 4.98 Å². The first-order valence-corrected chi connectivity index (χ1v) is 13.8. The smallest absolute Gasteiger partial charge is 0.224 e. The van der Waals surface area contributed by atoms with E-state index in [1.165, 1.54) is 42.4 Å². The van der Waals surface area contributed by atoms with Crippen LogP contribution in [0.4, 0.5) is 5.95 Å². The SMILES string of the molecule is CCCC(C)Nc1ncc2c(-c3ccc(CNC4CCCC4)cc3)cn(C3CCC(O)CC3)c2n1. The molecule has 3 N–H and O–H groups in total. The molecule has 6 nitrogen and oxygen atoms in total. The normalized spacial score (nSPS) is 22.0. The van der Waals surface area contributed by atoms with Crippen molar-refractivity contribution in [2.45, 2.75) is 109 Å². The lowest BCUT2D eigenvalue weighted by atomic mass is 9.93. The van der Waals surface area contributed by atoms with Gasteiger partial charge < -0.3 is 20.3 Å². The first kappa shape index (κ1) is 24.3. The quantitative estimate of drug-likeness (QED) is 0.343. The predicted molar refractivity (Wildman–Crippen MR) is 144 cm³/mol. The summed E-state index contributed by atoms with van der Waals surface area (Å²) in [7, 11) is 0. The number of aromatic nitrogens is 3. The fraction of sp³-hybridized carbons (Fsp3) is 0.586. The highest BCUT2D eigenvalue weighted by Gasteiger charge is 2.24. The second-order valence-corrected chi connectivity index (χ2v) is 10.7. The number of fused-ring (bicyclic) bond motifs is 1. The zero-order chi connectivity index (χ0) is 24.2. The molecule has 1 atom stereocenters. The van der Waals surface area contributed by atoms with Crippen molar-refractivity contribution in [3.63, 3.8) is 0 Å². The molecule has 2 aromatic heterocycles. The fourth-order valence-electron chi connectivity index (χ4n) is 5.86. The summed E-state index contributed by atoms with van der Waals surface area (Å²) in [5.41, 5.74) is 4.72. The van der Waals surface area contributed by atoms with Crippen molar-refractivity contribution in [3.8, 4) is 11.1 Å². The maximum atomic E-state index is 10.1. The van der Waals surface area contributed by atoms with E-state index in [9.17, 15) is 5.11 Å². The van der Waals surface area contributed by atoms with Crippen LogP contribution in [-0.4, -0.2) is 37.8 Å². The molecule has 188 valence electrons. The van der Waals surface area contributed by atoms with Crippen LogP contribution in [0.2, 0.25) is 0 Å². The van der Waals surface area contributed by atoms with Crippen LogP contribution in [0.15, 0.2) is 36.7 Å². The number of rotatable bonds is 9. The van der Waals surface area contributed by atoms with Crippen molar-refractivity contribution in [3.05, 3.63) is 42.2 Å². The first-order chi connectivity index (χ1) is 17.1. The highest BCUT2D eigenvalue weighted by Crippen LogP contribution is 2.37. The topological polar surface area (TPSA) is 75.0 Å². The molecule has 2 saturated carbocycles. The van der Waals surface area contributed by atoms with E-state index < -0.39 is 0 Å². The van der Waals surface area contributed by atoms with Gasteiger partial charge in [-0.15, -0.1) is 0 Å². The minimum atomic E-state index is -0.167. The molecular formula is C29H41N5O. The molecule has 2 aliphatic carbocycles. The molecule has 0 bridgehead atoms. The van der Waals surface area contributed by atoms with Crippen molar-refractivity contribution in [2.24, 2.45) is 0 Å². The molecule has 1 unspecified atom stereocenters. The Kier molecular flexibility index (Phi) is 7.69. The van der Waals surface area contributed by atoms with E-state index in [1.807, 2.05) is 6.20 Å². The molecule has 3 aromatic rings. The van der Waals surface area contributed by atoms with E-state index in [0.29, 0.717) is 24.1 Å². The first-order valence-electron chi connectivity index (χ1n) is 13.8. The lowest BCUT2D eigenvalue weighted by molar-refractivity contribution is 0.111. The van der Waals surface area contributed by atoms with Gasteiger partial charge in [0.15, 0.2) is 0 Å². The zero-order valence-electron chi connectivity index (χ0n) is 21.3. The van der Waals surface area contributed by atoms with Gasteiger partial charge >= 0.3 is 0 Å². The number of nitrogens with zero attached hydrogens (tertiary/aromatic N) is 3. The Hall–Kier alpha value is -2.44. The number of hydrogen-bond donors (Lipinski definition) is 3. The van der Waals surface area contributed by atoms with Crippen molar-refractivity contribution >= 4 is 17.0 Å². The number of aliphatic hydroxyl groups is 1. The second kappa shape index (κ2) is 11.1. The number of benzene rings is 1. The van der Waals surface area contributed by atoms with Gasteiger partial charge in [0.1, 0.15) is 5.65 Å². The number of anilines is 1. The maximum Gasteiger partial charge on any atom is 0.224 e. The van der Waals surface area contributed by atoms with Crippen LogP contribution < -0.4 is 10.6 Å². The standard InChI is InChI=1S/C29H41N5O/c1-3-6-20(2)32-29-31-18-26-27(19-34(28(26)33-29)24-13-15-25(35)16-14-24)22-11-9-21(10-12-22)17-30-23-7-4-5-8-23/h9-12,18-20,23-25,30,35H,3-8,13-17H2,1-2H3,(H,31,32,33). The summed E-state index contributed by atoms with van der Waals surface area (Å²) in [4.78, 5) is 9.69. The van der Waals surface area contributed by atoms with Crippen LogP contribution in [0.1, 0.15) is 89.7 Å². The summed E-state index contributed by atoms with van der Waals surface area (Å²) in [6, 6.07) is 10.4. The van der Waals surface area contributed by atoms with Crippen molar-refractivity contribution in [1.82, 2.24) is 19.9 Å². The summed E-state index contributed by atoms with van der Waals surface area (Å²) in [5.74, 6) is 0.702. The molecule has 35 heavy (non-hydrogen) atoms. The highest BCUT2D eigenvalue weighted by atomic mass is 16.3. The molecule has 2 fully saturated rings. The average molecular weight is 476 g/mol. The molecule has 0 radical (unpaired) electrons. The number of hydrogen-bond acceptors (Lipinski definition) is 5. The van der Waals surface area contributed by atoms with Gasteiger partial charge in [-0.2, -0.15) is 4.98 Å². The van der Waals surface area contributed by atoms with Crippen LogP contribution in [0.25, 0.3) is 22.2 Å². The highest BCUT2D eigenvalue weighted by molar-refractivity contribution is 5.94. The van der Waals surface area contributed by atoms with Gasteiger partial charge in [0.25, 0.3) is 0 Å². The van der Waals surface area contributed by atoms with E-state index >= 15 is 0 Å². The molecule has 6 heteroatoms. The monoisotopic (exact) mass is 475 g/mol. The Morgan fingerprint density at radius 3 is 2.51 bits per heavy atom. The van der Waals surface area contributed by atoms with Crippen molar-refractivity contribution < 1.29 is 5.11 Å². The minimum absolute atomic E-state index is 0.167. The third-order valence-electron chi connectivity index (χ3n) is 7.94. The molecule has 0 amide bonds. The Morgan fingerprint density at radius 2 is 1.80 bits per heavy atom. The van der Waals surface area contributed by atoms with Crippen LogP contribution in [0.5, 0.6) is 0 Å². The van der Waals surface area contributed by atoms with E-state index in [2.05, 4.69) is 59.5 Å². The molecule has 2 heterocycles. The summed E-state index contributed by atoms with van der Waals surface area (Å²) in [6.45, 7) is 5.33.